The van der Waals surface area contributed by atoms with Gasteiger partial charge in [0.1, 0.15) is 5.92 Å². The molecule has 3 heteroatoms. The quantitative estimate of drug-likeness (QED) is 0.781. The predicted octanol–water partition coefficient (Wildman–Crippen LogP) is 2.65. The first-order valence-corrected chi connectivity index (χ1v) is 5.86. The van der Waals surface area contributed by atoms with Crippen molar-refractivity contribution in [3.05, 3.63) is 35.9 Å². The molecule has 0 aliphatic rings. The molecule has 0 saturated heterocycles. The third-order valence-corrected chi connectivity index (χ3v) is 2.87. The molecule has 2 nitrogen and oxygen atoms in total. The zero-order chi connectivity index (χ0) is 11.1. The first-order chi connectivity index (χ1) is 7.27. The van der Waals surface area contributed by atoms with Crippen molar-refractivity contribution in [2.75, 3.05) is 5.75 Å². The van der Waals surface area contributed by atoms with Crippen LogP contribution in [0.2, 0.25) is 0 Å². The highest BCUT2D eigenvalue weighted by Crippen LogP contribution is 2.15. The maximum atomic E-state index is 11.5. The highest BCUT2D eigenvalue weighted by molar-refractivity contribution is 8.13. The molecule has 0 saturated carbocycles. The lowest BCUT2D eigenvalue weighted by Gasteiger charge is -2.06. The van der Waals surface area contributed by atoms with Gasteiger partial charge in [-0.2, -0.15) is 5.26 Å². The van der Waals surface area contributed by atoms with E-state index in [0.717, 1.165) is 11.3 Å². The fraction of sp³-hybridized carbons (Fsp3) is 0.333. The Bertz CT molecular complexity index is 356. The summed E-state index contributed by atoms with van der Waals surface area (Å²) in [6.45, 7) is 1.92. The largest absolute Gasteiger partial charge is 0.286 e. The van der Waals surface area contributed by atoms with Gasteiger partial charge in [-0.25, -0.2) is 0 Å². The second-order valence-electron chi connectivity index (χ2n) is 3.12. The molecule has 0 fully saturated rings. The topological polar surface area (TPSA) is 40.9 Å². The molecule has 0 N–H and O–H groups in total. The van der Waals surface area contributed by atoms with Gasteiger partial charge in [0.15, 0.2) is 0 Å². The Morgan fingerprint density at radius 1 is 1.47 bits per heavy atom. The van der Waals surface area contributed by atoms with Gasteiger partial charge < -0.3 is 0 Å². The van der Waals surface area contributed by atoms with Crippen molar-refractivity contribution in [3.8, 4) is 6.07 Å². The second-order valence-corrected chi connectivity index (χ2v) is 4.39. The monoisotopic (exact) mass is 219 g/mol. The molecule has 0 aliphatic carbocycles. The molecule has 0 spiro atoms. The third-order valence-electron chi connectivity index (χ3n) is 2.01. The van der Waals surface area contributed by atoms with Gasteiger partial charge in [0, 0.05) is 0 Å². The Hall–Kier alpha value is -1.27. The summed E-state index contributed by atoms with van der Waals surface area (Å²) in [4.78, 5) is 11.5. The van der Waals surface area contributed by atoms with E-state index in [1.807, 2.05) is 37.3 Å². The van der Waals surface area contributed by atoms with Crippen LogP contribution < -0.4 is 0 Å². The van der Waals surface area contributed by atoms with Gasteiger partial charge in [0.25, 0.3) is 0 Å². The van der Waals surface area contributed by atoms with E-state index in [0.29, 0.717) is 6.42 Å². The Morgan fingerprint density at radius 3 is 2.67 bits per heavy atom. The summed E-state index contributed by atoms with van der Waals surface area (Å²) in [6, 6.07) is 11.7. The van der Waals surface area contributed by atoms with Gasteiger partial charge >= 0.3 is 0 Å². The maximum absolute atomic E-state index is 11.5. The van der Waals surface area contributed by atoms with E-state index in [1.54, 1.807) is 0 Å². The van der Waals surface area contributed by atoms with Crippen molar-refractivity contribution in [1.82, 2.24) is 0 Å². The Kier molecular flexibility index (Phi) is 4.92. The SMILES string of the molecule is CCSC(=O)C(C#N)Cc1ccccc1. The third kappa shape index (κ3) is 3.77. The summed E-state index contributed by atoms with van der Waals surface area (Å²) in [6.07, 6.45) is 0.517. The standard InChI is InChI=1S/C12H13NOS/c1-2-15-12(14)11(9-13)8-10-6-4-3-5-7-10/h3-7,11H,2,8H2,1H3. The van der Waals surface area contributed by atoms with E-state index in [9.17, 15) is 4.79 Å². The van der Waals surface area contributed by atoms with Crippen LogP contribution in [0, 0.1) is 17.2 Å². The number of benzene rings is 1. The van der Waals surface area contributed by atoms with Crippen LogP contribution >= 0.6 is 11.8 Å². The van der Waals surface area contributed by atoms with Crippen LogP contribution in [-0.4, -0.2) is 10.9 Å². The van der Waals surface area contributed by atoms with Crippen molar-refractivity contribution >= 4 is 16.9 Å². The fourth-order valence-electron chi connectivity index (χ4n) is 1.27. The molecule has 1 aromatic carbocycles. The van der Waals surface area contributed by atoms with Crippen LogP contribution in [0.15, 0.2) is 30.3 Å². The van der Waals surface area contributed by atoms with Gasteiger partial charge in [0.2, 0.25) is 5.12 Å². The van der Waals surface area contributed by atoms with Crippen molar-refractivity contribution in [3.63, 3.8) is 0 Å². The van der Waals surface area contributed by atoms with Gasteiger partial charge in [0.05, 0.1) is 6.07 Å². The summed E-state index contributed by atoms with van der Waals surface area (Å²) in [7, 11) is 0. The molecule has 1 atom stereocenters. The average molecular weight is 219 g/mol. The summed E-state index contributed by atoms with van der Waals surface area (Å²) >= 11 is 1.22. The first kappa shape index (κ1) is 11.8. The number of carbonyl (C=O) groups excluding carboxylic acids is 1. The zero-order valence-corrected chi connectivity index (χ0v) is 9.46. The molecule has 0 radical (unpaired) electrons. The first-order valence-electron chi connectivity index (χ1n) is 4.88. The van der Waals surface area contributed by atoms with E-state index >= 15 is 0 Å². The number of nitriles is 1. The van der Waals surface area contributed by atoms with Crippen molar-refractivity contribution in [1.29, 1.82) is 5.26 Å². The van der Waals surface area contributed by atoms with Crippen molar-refractivity contribution in [2.24, 2.45) is 5.92 Å². The van der Waals surface area contributed by atoms with Crippen LogP contribution in [-0.2, 0) is 11.2 Å². The molecule has 0 amide bonds. The molecule has 1 rings (SSSR count). The minimum absolute atomic E-state index is 0.0242. The molecule has 0 aliphatic heterocycles. The van der Waals surface area contributed by atoms with Crippen LogP contribution in [0.1, 0.15) is 12.5 Å². The number of carbonyl (C=O) groups is 1. The highest BCUT2D eigenvalue weighted by Gasteiger charge is 2.17. The molecular weight excluding hydrogens is 206 g/mol. The number of hydrogen-bond donors (Lipinski definition) is 0. The average Bonchev–Trinajstić information content (AvgIpc) is 2.27. The van der Waals surface area contributed by atoms with Crippen LogP contribution in [0.5, 0.6) is 0 Å². The number of hydrogen-bond acceptors (Lipinski definition) is 3. The van der Waals surface area contributed by atoms with Gasteiger partial charge in [-0.3, -0.25) is 4.79 Å². The molecule has 1 aromatic rings. The molecular formula is C12H13NOS. The lowest BCUT2D eigenvalue weighted by Crippen LogP contribution is -2.12. The smallest absolute Gasteiger partial charge is 0.206 e. The fourth-order valence-corrected chi connectivity index (χ4v) is 1.90. The maximum Gasteiger partial charge on any atom is 0.206 e. The summed E-state index contributed by atoms with van der Waals surface area (Å²) in [5, 5.41) is 8.88. The van der Waals surface area contributed by atoms with Crippen molar-refractivity contribution in [2.45, 2.75) is 13.3 Å². The zero-order valence-electron chi connectivity index (χ0n) is 8.64. The molecule has 15 heavy (non-hydrogen) atoms. The molecule has 1 unspecified atom stereocenters. The van der Waals surface area contributed by atoms with Crippen LogP contribution in [0.3, 0.4) is 0 Å². The summed E-state index contributed by atoms with van der Waals surface area (Å²) in [5.74, 6) is 0.212. The van der Waals surface area contributed by atoms with Gasteiger partial charge in [-0.1, -0.05) is 49.0 Å². The van der Waals surface area contributed by atoms with E-state index in [1.165, 1.54) is 11.8 Å². The normalized spacial score (nSPS) is 11.7. The van der Waals surface area contributed by atoms with Crippen LogP contribution in [0.4, 0.5) is 0 Å². The minimum Gasteiger partial charge on any atom is -0.286 e. The number of rotatable bonds is 4. The van der Waals surface area contributed by atoms with E-state index in [4.69, 9.17) is 5.26 Å². The van der Waals surface area contributed by atoms with Crippen molar-refractivity contribution < 1.29 is 4.79 Å². The lowest BCUT2D eigenvalue weighted by molar-refractivity contribution is -0.112. The molecule has 0 bridgehead atoms. The molecule has 0 aromatic heterocycles. The highest BCUT2D eigenvalue weighted by atomic mass is 32.2. The lowest BCUT2D eigenvalue weighted by atomic mass is 10.0. The van der Waals surface area contributed by atoms with Gasteiger partial charge in [-0.05, 0) is 17.7 Å². The summed E-state index contributed by atoms with van der Waals surface area (Å²) < 4.78 is 0. The Balaban J connectivity index is 2.63. The Labute approximate surface area is 94.3 Å². The Morgan fingerprint density at radius 2 is 2.13 bits per heavy atom. The molecule has 78 valence electrons. The van der Waals surface area contributed by atoms with E-state index in [-0.39, 0.29) is 5.12 Å². The van der Waals surface area contributed by atoms with Crippen LogP contribution in [0.25, 0.3) is 0 Å². The van der Waals surface area contributed by atoms with E-state index in [2.05, 4.69) is 6.07 Å². The number of thioether (sulfide) groups is 1. The van der Waals surface area contributed by atoms with Gasteiger partial charge in [-0.15, -0.1) is 0 Å². The predicted molar refractivity (Wildman–Crippen MR) is 62.4 cm³/mol. The van der Waals surface area contributed by atoms with E-state index < -0.39 is 5.92 Å². The molecule has 0 heterocycles. The minimum atomic E-state index is -0.516. The second kappa shape index (κ2) is 6.26. The number of nitrogens with zero attached hydrogens (tertiary/aromatic N) is 1. The summed E-state index contributed by atoms with van der Waals surface area (Å²) in [5.41, 5.74) is 1.04.